The van der Waals surface area contributed by atoms with Crippen molar-refractivity contribution in [1.29, 1.82) is 0 Å². The van der Waals surface area contributed by atoms with Crippen molar-refractivity contribution < 1.29 is 14.5 Å². The SMILES string of the molecule is COc1cc([N+](=O)[O-])ccc1C(=O)N1CCN(C)CC1. The number of amides is 1. The Bertz CT molecular complexity index is 524. The first-order valence-corrected chi connectivity index (χ1v) is 6.33. The Kier molecular flexibility index (Phi) is 4.19. The first kappa shape index (κ1) is 14.3. The molecule has 0 bridgehead atoms. The molecule has 0 aliphatic carbocycles. The number of carbonyl (C=O) groups excluding carboxylic acids is 1. The third-order valence-corrected chi connectivity index (χ3v) is 3.42. The highest BCUT2D eigenvalue weighted by Gasteiger charge is 2.24. The summed E-state index contributed by atoms with van der Waals surface area (Å²) in [5.41, 5.74) is 0.277. The topological polar surface area (TPSA) is 75.9 Å². The van der Waals surface area contributed by atoms with Crippen molar-refractivity contribution >= 4 is 11.6 Å². The third kappa shape index (κ3) is 2.88. The number of nitro groups is 1. The molecule has 1 amide bonds. The predicted octanol–water partition coefficient (Wildman–Crippen LogP) is 0.991. The zero-order valence-electron chi connectivity index (χ0n) is 11.5. The van der Waals surface area contributed by atoms with E-state index in [1.165, 1.54) is 25.3 Å². The summed E-state index contributed by atoms with van der Waals surface area (Å²) in [4.78, 5) is 26.5. The third-order valence-electron chi connectivity index (χ3n) is 3.42. The minimum atomic E-state index is -0.507. The number of hydrogen-bond acceptors (Lipinski definition) is 5. The summed E-state index contributed by atoms with van der Waals surface area (Å²) in [6.07, 6.45) is 0. The van der Waals surface area contributed by atoms with Gasteiger partial charge in [-0.05, 0) is 13.1 Å². The summed E-state index contributed by atoms with van der Waals surface area (Å²) < 4.78 is 5.11. The smallest absolute Gasteiger partial charge is 0.273 e. The fraction of sp³-hybridized carbons (Fsp3) is 0.462. The van der Waals surface area contributed by atoms with Crippen LogP contribution in [0.2, 0.25) is 0 Å². The highest BCUT2D eigenvalue weighted by Crippen LogP contribution is 2.26. The Morgan fingerprint density at radius 3 is 2.50 bits per heavy atom. The van der Waals surface area contributed by atoms with Crippen LogP contribution in [-0.2, 0) is 0 Å². The van der Waals surface area contributed by atoms with Crippen LogP contribution in [0.15, 0.2) is 18.2 Å². The maximum atomic E-state index is 12.4. The number of nitrogens with zero attached hydrogens (tertiary/aromatic N) is 3. The molecule has 1 aromatic carbocycles. The molecule has 0 N–H and O–H groups in total. The van der Waals surface area contributed by atoms with Crippen molar-refractivity contribution in [3.8, 4) is 5.75 Å². The van der Waals surface area contributed by atoms with Crippen molar-refractivity contribution in [1.82, 2.24) is 9.80 Å². The maximum Gasteiger partial charge on any atom is 0.273 e. The number of rotatable bonds is 3. The van der Waals surface area contributed by atoms with Gasteiger partial charge in [0.1, 0.15) is 5.75 Å². The number of nitro benzene ring substituents is 1. The van der Waals surface area contributed by atoms with Crippen LogP contribution < -0.4 is 4.74 Å². The molecular formula is C13H17N3O4. The highest BCUT2D eigenvalue weighted by atomic mass is 16.6. The molecule has 0 spiro atoms. The molecule has 0 radical (unpaired) electrons. The molecule has 1 heterocycles. The lowest BCUT2D eigenvalue weighted by molar-refractivity contribution is -0.384. The van der Waals surface area contributed by atoms with Crippen LogP contribution in [-0.4, -0.2) is 61.0 Å². The van der Waals surface area contributed by atoms with Gasteiger partial charge in [-0.1, -0.05) is 0 Å². The highest BCUT2D eigenvalue weighted by molar-refractivity contribution is 5.97. The van der Waals surface area contributed by atoms with Gasteiger partial charge in [0.15, 0.2) is 0 Å². The van der Waals surface area contributed by atoms with E-state index in [0.29, 0.717) is 18.7 Å². The standard InChI is InChI=1S/C13H17N3O4/c1-14-5-7-15(8-6-14)13(17)11-4-3-10(16(18)19)9-12(11)20-2/h3-4,9H,5-8H2,1-2H3. The van der Waals surface area contributed by atoms with Gasteiger partial charge in [0.25, 0.3) is 11.6 Å². The van der Waals surface area contributed by atoms with E-state index in [9.17, 15) is 14.9 Å². The van der Waals surface area contributed by atoms with Crippen molar-refractivity contribution in [3.05, 3.63) is 33.9 Å². The van der Waals surface area contributed by atoms with E-state index in [2.05, 4.69) is 4.90 Å². The van der Waals surface area contributed by atoms with Crippen molar-refractivity contribution in [2.24, 2.45) is 0 Å². The Morgan fingerprint density at radius 1 is 1.30 bits per heavy atom. The van der Waals surface area contributed by atoms with E-state index in [4.69, 9.17) is 4.74 Å². The number of piperazine rings is 1. The van der Waals surface area contributed by atoms with Crippen LogP contribution in [0, 0.1) is 10.1 Å². The summed E-state index contributed by atoms with van der Waals surface area (Å²) in [6.45, 7) is 2.94. The molecule has 1 fully saturated rings. The van der Waals surface area contributed by atoms with E-state index >= 15 is 0 Å². The molecular weight excluding hydrogens is 262 g/mol. The quantitative estimate of drug-likeness (QED) is 0.609. The van der Waals surface area contributed by atoms with Gasteiger partial charge in [0.2, 0.25) is 0 Å². The van der Waals surface area contributed by atoms with Crippen LogP contribution in [0.5, 0.6) is 5.75 Å². The summed E-state index contributed by atoms with van der Waals surface area (Å²) in [6, 6.07) is 4.06. The Morgan fingerprint density at radius 2 is 1.95 bits per heavy atom. The summed E-state index contributed by atoms with van der Waals surface area (Å²) >= 11 is 0. The second-order valence-electron chi connectivity index (χ2n) is 4.74. The summed E-state index contributed by atoms with van der Waals surface area (Å²) in [5, 5.41) is 10.7. The Labute approximate surface area is 116 Å². The number of methoxy groups -OCH3 is 1. The van der Waals surface area contributed by atoms with Gasteiger partial charge in [-0.2, -0.15) is 0 Å². The number of likely N-dealkylation sites (N-methyl/N-ethyl adjacent to an activating group) is 1. The average Bonchev–Trinajstić information content (AvgIpc) is 2.46. The molecule has 0 atom stereocenters. The van der Waals surface area contributed by atoms with Gasteiger partial charge in [-0.3, -0.25) is 14.9 Å². The molecule has 1 aliphatic heterocycles. The van der Waals surface area contributed by atoms with E-state index in [1.807, 2.05) is 7.05 Å². The monoisotopic (exact) mass is 279 g/mol. The van der Waals surface area contributed by atoms with Crippen molar-refractivity contribution in [2.75, 3.05) is 40.3 Å². The van der Waals surface area contributed by atoms with Crippen molar-refractivity contribution in [3.63, 3.8) is 0 Å². The zero-order chi connectivity index (χ0) is 14.7. The number of hydrogen-bond donors (Lipinski definition) is 0. The van der Waals surface area contributed by atoms with E-state index in [1.54, 1.807) is 4.90 Å². The molecule has 0 saturated carbocycles. The summed E-state index contributed by atoms with van der Waals surface area (Å²) in [7, 11) is 3.41. The number of benzene rings is 1. The van der Waals surface area contributed by atoms with Gasteiger partial charge < -0.3 is 14.5 Å². The molecule has 7 nitrogen and oxygen atoms in total. The number of carbonyl (C=O) groups is 1. The van der Waals surface area contributed by atoms with E-state index < -0.39 is 4.92 Å². The fourth-order valence-electron chi connectivity index (χ4n) is 2.15. The Hall–Kier alpha value is -2.15. The first-order valence-electron chi connectivity index (χ1n) is 6.33. The lowest BCUT2D eigenvalue weighted by Gasteiger charge is -2.32. The van der Waals surface area contributed by atoms with Gasteiger partial charge >= 0.3 is 0 Å². The first-order chi connectivity index (χ1) is 9.52. The fourth-order valence-corrected chi connectivity index (χ4v) is 2.15. The number of non-ortho nitro benzene ring substituents is 1. The van der Waals surface area contributed by atoms with Crippen LogP contribution in [0.3, 0.4) is 0 Å². The van der Waals surface area contributed by atoms with Gasteiger partial charge in [0.05, 0.1) is 23.7 Å². The van der Waals surface area contributed by atoms with Crippen LogP contribution in [0.1, 0.15) is 10.4 Å². The molecule has 1 aliphatic rings. The van der Waals surface area contributed by atoms with Crippen molar-refractivity contribution in [2.45, 2.75) is 0 Å². The van der Waals surface area contributed by atoms with E-state index in [-0.39, 0.29) is 17.3 Å². The normalized spacial score (nSPS) is 16.0. The second-order valence-corrected chi connectivity index (χ2v) is 4.74. The van der Waals surface area contributed by atoms with Gasteiger partial charge in [0, 0.05) is 32.2 Å². The average molecular weight is 279 g/mol. The molecule has 2 rings (SSSR count). The molecule has 0 unspecified atom stereocenters. The van der Waals surface area contributed by atoms with Crippen LogP contribution >= 0.6 is 0 Å². The minimum Gasteiger partial charge on any atom is -0.496 e. The minimum absolute atomic E-state index is 0.0863. The summed E-state index contributed by atoms with van der Waals surface area (Å²) in [5.74, 6) is 0.0907. The second kappa shape index (κ2) is 5.87. The van der Waals surface area contributed by atoms with Gasteiger partial charge in [-0.25, -0.2) is 0 Å². The largest absolute Gasteiger partial charge is 0.496 e. The van der Waals surface area contributed by atoms with Crippen LogP contribution in [0.4, 0.5) is 5.69 Å². The van der Waals surface area contributed by atoms with Gasteiger partial charge in [-0.15, -0.1) is 0 Å². The molecule has 0 aromatic heterocycles. The number of ether oxygens (including phenoxy) is 1. The Balaban J connectivity index is 2.23. The maximum absolute atomic E-state index is 12.4. The zero-order valence-corrected chi connectivity index (χ0v) is 11.5. The van der Waals surface area contributed by atoms with E-state index in [0.717, 1.165) is 13.1 Å². The lowest BCUT2D eigenvalue weighted by Crippen LogP contribution is -2.47. The molecule has 7 heteroatoms. The molecule has 1 aromatic rings. The van der Waals surface area contributed by atoms with Crippen LogP contribution in [0.25, 0.3) is 0 Å². The molecule has 1 saturated heterocycles. The lowest BCUT2D eigenvalue weighted by atomic mass is 10.1. The molecule has 108 valence electrons. The predicted molar refractivity (Wildman–Crippen MR) is 73.0 cm³/mol. The molecule has 20 heavy (non-hydrogen) atoms.